The fourth-order valence-corrected chi connectivity index (χ4v) is 0.811. The third kappa shape index (κ3) is 1.97. The maximum atomic E-state index is 10.7. The van der Waals surface area contributed by atoms with Crippen LogP contribution in [0, 0.1) is 0 Å². The molecule has 1 heterocycles. The van der Waals surface area contributed by atoms with Gasteiger partial charge in [0.05, 0.1) is 19.3 Å². The molecule has 1 atom stereocenters. The van der Waals surface area contributed by atoms with Gasteiger partial charge in [-0.05, 0) is 0 Å². The van der Waals surface area contributed by atoms with E-state index < -0.39 is 0 Å². The van der Waals surface area contributed by atoms with Crippen LogP contribution in [0.2, 0.25) is 0 Å². The van der Waals surface area contributed by atoms with Gasteiger partial charge in [0.2, 0.25) is 5.91 Å². The van der Waals surface area contributed by atoms with Gasteiger partial charge in [0.1, 0.15) is 0 Å². The molecule has 4 nitrogen and oxygen atoms in total. The SMILES string of the molecule is O=C1CCOC(CO)CN1. The van der Waals surface area contributed by atoms with E-state index in [2.05, 4.69) is 5.32 Å². The molecule has 0 aromatic heterocycles. The summed E-state index contributed by atoms with van der Waals surface area (Å²) in [6, 6.07) is 0. The minimum absolute atomic E-state index is 0.00375. The zero-order valence-corrected chi connectivity index (χ0v) is 5.67. The molecule has 1 aliphatic rings. The van der Waals surface area contributed by atoms with E-state index in [0.29, 0.717) is 19.6 Å². The summed E-state index contributed by atoms with van der Waals surface area (Å²) in [6.45, 7) is 0.812. The molecule has 1 saturated heterocycles. The summed E-state index contributed by atoms with van der Waals surface area (Å²) in [4.78, 5) is 10.7. The highest BCUT2D eigenvalue weighted by atomic mass is 16.5. The zero-order valence-electron chi connectivity index (χ0n) is 5.67. The summed E-state index contributed by atoms with van der Waals surface area (Å²) in [5.41, 5.74) is 0. The number of hydrogen-bond donors (Lipinski definition) is 2. The van der Waals surface area contributed by atoms with Crippen molar-refractivity contribution in [2.24, 2.45) is 0 Å². The molecule has 0 spiro atoms. The molecule has 1 fully saturated rings. The molecule has 0 aliphatic carbocycles. The second-order valence-corrected chi connectivity index (χ2v) is 2.23. The first kappa shape index (κ1) is 7.50. The van der Waals surface area contributed by atoms with Gasteiger partial charge in [-0.2, -0.15) is 0 Å². The summed E-state index contributed by atoms with van der Waals surface area (Å²) in [5, 5.41) is 11.2. The molecule has 0 aromatic rings. The number of carbonyl (C=O) groups excluding carboxylic acids is 1. The van der Waals surface area contributed by atoms with Crippen LogP contribution in [-0.2, 0) is 9.53 Å². The Balaban J connectivity index is 2.33. The summed E-state index contributed by atoms with van der Waals surface area (Å²) in [6.07, 6.45) is 0.183. The van der Waals surface area contributed by atoms with Gasteiger partial charge >= 0.3 is 0 Å². The quantitative estimate of drug-likeness (QED) is 0.491. The van der Waals surface area contributed by atoms with Crippen LogP contribution in [0.25, 0.3) is 0 Å². The van der Waals surface area contributed by atoms with E-state index in [-0.39, 0.29) is 18.6 Å². The van der Waals surface area contributed by atoms with Gasteiger partial charge in [-0.15, -0.1) is 0 Å². The van der Waals surface area contributed by atoms with Crippen LogP contribution in [0.5, 0.6) is 0 Å². The third-order valence-corrected chi connectivity index (χ3v) is 1.41. The average molecular weight is 145 g/mol. The number of hydrogen-bond acceptors (Lipinski definition) is 3. The summed E-state index contributed by atoms with van der Waals surface area (Å²) >= 11 is 0. The lowest BCUT2D eigenvalue weighted by molar-refractivity contribution is -0.120. The molecule has 2 N–H and O–H groups in total. The van der Waals surface area contributed by atoms with Gasteiger partial charge in [0, 0.05) is 13.0 Å². The van der Waals surface area contributed by atoms with E-state index in [0.717, 1.165) is 0 Å². The van der Waals surface area contributed by atoms with E-state index in [9.17, 15) is 4.79 Å². The Morgan fingerprint density at radius 1 is 1.80 bits per heavy atom. The van der Waals surface area contributed by atoms with E-state index in [4.69, 9.17) is 9.84 Å². The van der Waals surface area contributed by atoms with E-state index >= 15 is 0 Å². The van der Waals surface area contributed by atoms with Crippen molar-refractivity contribution in [2.75, 3.05) is 19.8 Å². The van der Waals surface area contributed by atoms with Crippen LogP contribution in [-0.4, -0.2) is 36.9 Å². The standard InChI is InChI=1S/C6H11NO3/c8-4-5-3-7-6(9)1-2-10-5/h5,8H,1-4H2,(H,7,9). The van der Waals surface area contributed by atoms with Gasteiger partial charge in [-0.25, -0.2) is 0 Å². The predicted molar refractivity (Wildman–Crippen MR) is 34.5 cm³/mol. The predicted octanol–water partition coefficient (Wildman–Crippen LogP) is -1.12. The summed E-state index contributed by atoms with van der Waals surface area (Å²) in [5.74, 6) is -0.00375. The van der Waals surface area contributed by atoms with E-state index in [1.807, 2.05) is 0 Å². The van der Waals surface area contributed by atoms with Crippen LogP contribution in [0.1, 0.15) is 6.42 Å². The Hall–Kier alpha value is -0.610. The molecule has 0 saturated carbocycles. The van der Waals surface area contributed by atoms with Crippen molar-refractivity contribution in [1.82, 2.24) is 5.32 Å². The van der Waals surface area contributed by atoms with Gasteiger partial charge < -0.3 is 15.2 Å². The first-order chi connectivity index (χ1) is 4.83. The smallest absolute Gasteiger partial charge is 0.222 e. The third-order valence-electron chi connectivity index (χ3n) is 1.41. The molecule has 1 aliphatic heterocycles. The van der Waals surface area contributed by atoms with Crippen molar-refractivity contribution in [2.45, 2.75) is 12.5 Å². The van der Waals surface area contributed by atoms with Crippen molar-refractivity contribution >= 4 is 5.91 Å². The lowest BCUT2D eigenvalue weighted by Gasteiger charge is -2.09. The number of ether oxygens (including phenoxy) is 1. The van der Waals surface area contributed by atoms with Crippen molar-refractivity contribution in [3.63, 3.8) is 0 Å². The van der Waals surface area contributed by atoms with Gasteiger partial charge in [-0.3, -0.25) is 4.79 Å². The normalized spacial score (nSPS) is 27.3. The van der Waals surface area contributed by atoms with Crippen LogP contribution < -0.4 is 5.32 Å². The number of amides is 1. The highest BCUT2D eigenvalue weighted by Gasteiger charge is 2.14. The molecule has 1 unspecified atom stereocenters. The van der Waals surface area contributed by atoms with Crippen LogP contribution >= 0.6 is 0 Å². The molecule has 0 bridgehead atoms. The Kier molecular flexibility index (Phi) is 2.65. The Morgan fingerprint density at radius 2 is 2.60 bits per heavy atom. The fraction of sp³-hybridized carbons (Fsp3) is 0.833. The molecule has 58 valence electrons. The average Bonchev–Trinajstić information content (AvgIpc) is 2.14. The van der Waals surface area contributed by atoms with Crippen molar-refractivity contribution in [3.8, 4) is 0 Å². The first-order valence-corrected chi connectivity index (χ1v) is 3.32. The monoisotopic (exact) mass is 145 g/mol. The van der Waals surface area contributed by atoms with Gasteiger partial charge in [0.25, 0.3) is 0 Å². The molecule has 1 amide bonds. The van der Waals surface area contributed by atoms with Crippen LogP contribution in [0.3, 0.4) is 0 Å². The Morgan fingerprint density at radius 3 is 3.30 bits per heavy atom. The second-order valence-electron chi connectivity index (χ2n) is 2.23. The summed E-state index contributed by atoms with van der Waals surface area (Å²) in [7, 11) is 0. The van der Waals surface area contributed by atoms with Crippen molar-refractivity contribution in [3.05, 3.63) is 0 Å². The zero-order chi connectivity index (χ0) is 7.40. The highest BCUT2D eigenvalue weighted by Crippen LogP contribution is 1.96. The van der Waals surface area contributed by atoms with Crippen molar-refractivity contribution in [1.29, 1.82) is 0 Å². The second kappa shape index (κ2) is 3.53. The van der Waals surface area contributed by atoms with E-state index in [1.165, 1.54) is 0 Å². The maximum Gasteiger partial charge on any atom is 0.222 e. The first-order valence-electron chi connectivity index (χ1n) is 3.32. The molecular weight excluding hydrogens is 134 g/mol. The number of aliphatic hydroxyl groups excluding tert-OH is 1. The lowest BCUT2D eigenvalue weighted by atomic mass is 10.4. The highest BCUT2D eigenvalue weighted by molar-refractivity contribution is 5.76. The lowest BCUT2D eigenvalue weighted by Crippen LogP contribution is -2.31. The van der Waals surface area contributed by atoms with Crippen molar-refractivity contribution < 1.29 is 14.6 Å². The Bertz CT molecular complexity index is 126. The topological polar surface area (TPSA) is 58.6 Å². The largest absolute Gasteiger partial charge is 0.394 e. The molecular formula is C6H11NO3. The molecule has 10 heavy (non-hydrogen) atoms. The number of carbonyl (C=O) groups is 1. The maximum absolute atomic E-state index is 10.7. The minimum Gasteiger partial charge on any atom is -0.394 e. The number of nitrogens with one attached hydrogen (secondary N) is 1. The fourth-order valence-electron chi connectivity index (χ4n) is 0.811. The summed E-state index contributed by atoms with van der Waals surface area (Å²) < 4.78 is 5.09. The molecule has 4 heteroatoms. The molecule has 1 rings (SSSR count). The Labute approximate surface area is 59.2 Å². The van der Waals surface area contributed by atoms with Gasteiger partial charge in [-0.1, -0.05) is 0 Å². The van der Waals surface area contributed by atoms with E-state index in [1.54, 1.807) is 0 Å². The molecule has 0 aromatic carbocycles. The van der Waals surface area contributed by atoms with Gasteiger partial charge in [0.15, 0.2) is 0 Å². The number of rotatable bonds is 1. The minimum atomic E-state index is -0.216. The molecule has 0 radical (unpaired) electrons. The van der Waals surface area contributed by atoms with Crippen LogP contribution in [0.4, 0.5) is 0 Å². The number of aliphatic hydroxyl groups is 1. The van der Waals surface area contributed by atoms with Crippen LogP contribution in [0.15, 0.2) is 0 Å².